The Labute approximate surface area is 106 Å². The Kier molecular flexibility index (Phi) is 2.57. The van der Waals surface area contributed by atoms with Crippen LogP contribution in [0.15, 0.2) is 46.2 Å². The minimum absolute atomic E-state index is 0.266. The average molecular weight is 256 g/mol. The van der Waals surface area contributed by atoms with Crippen LogP contribution in [0.4, 0.5) is 11.5 Å². The summed E-state index contributed by atoms with van der Waals surface area (Å²) < 4.78 is 4.70. The predicted molar refractivity (Wildman–Crippen MR) is 67.1 cm³/mol. The monoisotopic (exact) mass is 256 g/mol. The molecule has 94 valence electrons. The molecule has 0 aliphatic carbocycles. The summed E-state index contributed by atoms with van der Waals surface area (Å²) in [6.07, 6.45) is 3.30. The molecule has 0 spiro atoms. The fraction of sp³-hybridized carbons (Fsp3) is 0. The molecule has 1 amide bonds. The molecule has 0 saturated heterocycles. The van der Waals surface area contributed by atoms with Gasteiger partial charge >= 0.3 is 0 Å². The lowest BCUT2D eigenvalue weighted by Gasteiger charge is -2.13. The van der Waals surface area contributed by atoms with Gasteiger partial charge < -0.3 is 9.51 Å². The molecule has 3 aromatic rings. The normalized spacial score (nSPS) is 10.5. The first-order valence-corrected chi connectivity index (χ1v) is 5.42. The van der Waals surface area contributed by atoms with Crippen molar-refractivity contribution in [2.24, 2.45) is 0 Å². The first-order valence-electron chi connectivity index (χ1n) is 5.42. The van der Waals surface area contributed by atoms with E-state index in [2.05, 4.69) is 15.1 Å². The van der Waals surface area contributed by atoms with Crippen LogP contribution in [0.25, 0.3) is 10.9 Å². The van der Waals surface area contributed by atoms with E-state index in [9.17, 15) is 9.59 Å². The standard InChI is InChI=1S/C12H8N4O3/c17-7-16(11-3-4-19-15-11)8-1-2-10-9(5-8)12(18)14-6-13-10/h1-7H,(H,13,14,18). The Bertz CT molecular complexity index is 779. The quantitative estimate of drug-likeness (QED) is 0.711. The van der Waals surface area contributed by atoms with Crippen LogP contribution in [0.5, 0.6) is 0 Å². The fourth-order valence-corrected chi connectivity index (χ4v) is 1.78. The molecule has 0 aliphatic rings. The second kappa shape index (κ2) is 4.37. The molecule has 1 N–H and O–H groups in total. The molecule has 0 aliphatic heterocycles. The summed E-state index contributed by atoms with van der Waals surface area (Å²) in [6, 6.07) is 6.46. The number of fused-ring (bicyclic) bond motifs is 1. The third kappa shape index (κ3) is 1.86. The maximum atomic E-state index is 11.7. The summed E-state index contributed by atoms with van der Waals surface area (Å²) in [5, 5.41) is 4.08. The number of aromatic amines is 1. The smallest absolute Gasteiger partial charge is 0.258 e. The van der Waals surface area contributed by atoms with Crippen molar-refractivity contribution < 1.29 is 9.32 Å². The summed E-state index contributed by atoms with van der Waals surface area (Å²) in [5.41, 5.74) is 0.797. The molecule has 0 fully saturated rings. The van der Waals surface area contributed by atoms with Crippen LogP contribution in [0, 0.1) is 0 Å². The van der Waals surface area contributed by atoms with Crippen molar-refractivity contribution in [3.63, 3.8) is 0 Å². The number of nitrogens with one attached hydrogen (secondary N) is 1. The second-order valence-electron chi connectivity index (χ2n) is 3.77. The highest BCUT2D eigenvalue weighted by Crippen LogP contribution is 2.23. The van der Waals surface area contributed by atoms with Crippen LogP contribution >= 0.6 is 0 Å². The molecular weight excluding hydrogens is 248 g/mol. The molecule has 0 radical (unpaired) electrons. The lowest BCUT2D eigenvalue weighted by atomic mass is 10.2. The number of amides is 1. The van der Waals surface area contributed by atoms with E-state index in [4.69, 9.17) is 4.52 Å². The molecule has 1 aromatic carbocycles. The van der Waals surface area contributed by atoms with Gasteiger partial charge in [0.05, 0.1) is 22.9 Å². The summed E-state index contributed by atoms with van der Waals surface area (Å²) in [7, 11) is 0. The highest BCUT2D eigenvalue weighted by atomic mass is 16.5. The maximum Gasteiger partial charge on any atom is 0.258 e. The Hall–Kier alpha value is -2.96. The number of nitrogens with zero attached hydrogens (tertiary/aromatic N) is 3. The Morgan fingerprint density at radius 3 is 2.95 bits per heavy atom. The Morgan fingerprint density at radius 1 is 1.32 bits per heavy atom. The van der Waals surface area contributed by atoms with Gasteiger partial charge in [0.2, 0.25) is 6.41 Å². The summed E-state index contributed by atoms with van der Waals surface area (Å²) in [6.45, 7) is 0. The number of rotatable bonds is 3. The number of carbonyl (C=O) groups excluding carboxylic acids is 1. The van der Waals surface area contributed by atoms with Gasteiger partial charge in [0.25, 0.3) is 5.56 Å². The number of H-pyrrole nitrogens is 1. The number of anilines is 2. The molecular formula is C12H8N4O3. The van der Waals surface area contributed by atoms with E-state index in [1.165, 1.54) is 17.5 Å². The van der Waals surface area contributed by atoms with E-state index in [1.807, 2.05) is 0 Å². The van der Waals surface area contributed by atoms with Crippen molar-refractivity contribution in [2.75, 3.05) is 4.90 Å². The lowest BCUT2D eigenvalue weighted by molar-refractivity contribution is -0.106. The van der Waals surface area contributed by atoms with Crippen LogP contribution in [0.3, 0.4) is 0 Å². The van der Waals surface area contributed by atoms with Crippen molar-refractivity contribution in [3.05, 3.63) is 47.2 Å². The zero-order valence-electron chi connectivity index (χ0n) is 9.61. The van der Waals surface area contributed by atoms with E-state index in [1.54, 1.807) is 24.3 Å². The molecule has 7 heteroatoms. The van der Waals surface area contributed by atoms with Crippen molar-refractivity contribution in [1.29, 1.82) is 0 Å². The zero-order valence-corrected chi connectivity index (χ0v) is 9.61. The molecule has 0 bridgehead atoms. The zero-order chi connectivity index (χ0) is 13.2. The first-order chi connectivity index (χ1) is 9.29. The van der Waals surface area contributed by atoms with Crippen molar-refractivity contribution >= 4 is 28.8 Å². The molecule has 0 atom stereocenters. The predicted octanol–water partition coefficient (Wildman–Crippen LogP) is 1.21. The van der Waals surface area contributed by atoms with Gasteiger partial charge in [-0.05, 0) is 18.2 Å². The van der Waals surface area contributed by atoms with E-state index < -0.39 is 0 Å². The molecule has 7 nitrogen and oxygen atoms in total. The third-order valence-corrected chi connectivity index (χ3v) is 2.68. The molecule has 0 saturated carbocycles. The maximum absolute atomic E-state index is 11.7. The number of aromatic nitrogens is 3. The number of benzene rings is 1. The highest BCUT2D eigenvalue weighted by Gasteiger charge is 2.12. The topological polar surface area (TPSA) is 92.1 Å². The van der Waals surface area contributed by atoms with Crippen LogP contribution in [0.1, 0.15) is 0 Å². The van der Waals surface area contributed by atoms with E-state index in [0.717, 1.165) is 0 Å². The van der Waals surface area contributed by atoms with E-state index >= 15 is 0 Å². The number of carbonyl (C=O) groups is 1. The van der Waals surface area contributed by atoms with Gasteiger partial charge in [-0.15, -0.1) is 0 Å². The fourth-order valence-electron chi connectivity index (χ4n) is 1.78. The van der Waals surface area contributed by atoms with Crippen molar-refractivity contribution in [1.82, 2.24) is 15.1 Å². The average Bonchev–Trinajstić information content (AvgIpc) is 2.94. The van der Waals surface area contributed by atoms with Crippen LogP contribution in [-0.2, 0) is 4.79 Å². The third-order valence-electron chi connectivity index (χ3n) is 2.68. The van der Waals surface area contributed by atoms with Gasteiger partial charge in [0.15, 0.2) is 5.82 Å². The highest BCUT2D eigenvalue weighted by molar-refractivity contribution is 5.90. The second-order valence-corrected chi connectivity index (χ2v) is 3.77. The van der Waals surface area contributed by atoms with E-state index in [0.29, 0.717) is 28.8 Å². The molecule has 3 rings (SSSR count). The van der Waals surface area contributed by atoms with Crippen LogP contribution in [0.2, 0.25) is 0 Å². The van der Waals surface area contributed by atoms with Crippen LogP contribution in [-0.4, -0.2) is 21.5 Å². The molecule has 2 heterocycles. The van der Waals surface area contributed by atoms with Gasteiger partial charge in [0, 0.05) is 6.07 Å². The molecule has 2 aromatic heterocycles. The van der Waals surface area contributed by atoms with Crippen molar-refractivity contribution in [3.8, 4) is 0 Å². The SMILES string of the molecule is O=CN(c1ccc2nc[nH]c(=O)c2c1)c1ccon1. The Morgan fingerprint density at radius 2 is 2.21 bits per heavy atom. The van der Waals surface area contributed by atoms with E-state index in [-0.39, 0.29) is 5.56 Å². The summed E-state index contributed by atoms with van der Waals surface area (Å²) >= 11 is 0. The minimum Gasteiger partial charge on any atom is -0.363 e. The first kappa shape index (κ1) is 11.1. The van der Waals surface area contributed by atoms with Crippen LogP contribution < -0.4 is 10.5 Å². The molecule has 19 heavy (non-hydrogen) atoms. The van der Waals surface area contributed by atoms with Gasteiger partial charge in [-0.3, -0.25) is 14.5 Å². The van der Waals surface area contributed by atoms with Gasteiger partial charge in [-0.25, -0.2) is 4.98 Å². The lowest BCUT2D eigenvalue weighted by Crippen LogP contribution is -2.15. The summed E-state index contributed by atoms with van der Waals surface area (Å²) in [5.74, 6) is 0.342. The van der Waals surface area contributed by atoms with Gasteiger partial charge in [-0.2, -0.15) is 0 Å². The van der Waals surface area contributed by atoms with Gasteiger partial charge in [-0.1, -0.05) is 5.16 Å². The molecule has 0 unspecified atom stereocenters. The number of hydrogen-bond donors (Lipinski definition) is 1. The Balaban J connectivity index is 2.17. The van der Waals surface area contributed by atoms with Crippen molar-refractivity contribution in [2.45, 2.75) is 0 Å². The summed E-state index contributed by atoms with van der Waals surface area (Å²) in [4.78, 5) is 30.7. The van der Waals surface area contributed by atoms with Gasteiger partial charge in [0.1, 0.15) is 6.26 Å². The number of hydrogen-bond acceptors (Lipinski definition) is 5. The minimum atomic E-state index is -0.266. The largest absolute Gasteiger partial charge is 0.363 e.